The van der Waals surface area contributed by atoms with Crippen LogP contribution in [0.4, 0.5) is 0 Å². The quantitative estimate of drug-likeness (QED) is 0.580. The summed E-state index contributed by atoms with van der Waals surface area (Å²) in [5.41, 5.74) is 0.506. The number of carbonyl (C=O) groups is 1. The van der Waals surface area contributed by atoms with Crippen LogP contribution < -0.4 is 4.74 Å². The van der Waals surface area contributed by atoms with Crippen LogP contribution in [0.2, 0.25) is 0 Å². The Bertz CT molecular complexity index is 996. The lowest BCUT2D eigenvalue weighted by atomic mass is 9.36. The number of aromatic hydroxyl groups is 1. The lowest BCUT2D eigenvalue weighted by molar-refractivity contribution is -0.305. The van der Waals surface area contributed by atoms with Crippen molar-refractivity contribution in [1.82, 2.24) is 0 Å². The molecule has 2 aliphatic carbocycles. The summed E-state index contributed by atoms with van der Waals surface area (Å²) in [6, 6.07) is 3.60. The first-order valence-electron chi connectivity index (χ1n) is 12.2. The third kappa shape index (κ3) is 3.15. The van der Waals surface area contributed by atoms with Crippen molar-refractivity contribution in [3.05, 3.63) is 35.4 Å². The average Bonchev–Trinajstić information content (AvgIpc) is 3.14. The number of allylic oxidation sites excluding steroid dienone is 1. The van der Waals surface area contributed by atoms with Gasteiger partial charge in [-0.25, -0.2) is 0 Å². The Morgan fingerprint density at radius 1 is 1.27 bits per heavy atom. The third-order valence-corrected chi connectivity index (χ3v) is 9.65. The Morgan fingerprint density at radius 3 is 2.48 bits per heavy atom. The fraction of sp³-hybridized carbons (Fsp3) is 0.679. The zero-order chi connectivity index (χ0) is 24.6. The molecule has 182 valence electrons. The lowest BCUT2D eigenvalue weighted by Crippen LogP contribution is -2.75. The summed E-state index contributed by atoms with van der Waals surface area (Å²) in [5.74, 6) is 0.214. The molecule has 0 radical (unpaired) electrons. The summed E-state index contributed by atoms with van der Waals surface area (Å²) in [5, 5.41) is 21.6. The Kier molecular flexibility index (Phi) is 5.57. The number of phenols is 1. The average molecular weight is 457 g/mol. The maximum atomic E-state index is 14.4. The zero-order valence-corrected chi connectivity index (χ0v) is 21.2. The number of carbonyl (C=O) groups excluding carboxylic acids is 1. The number of aliphatic hydroxyl groups excluding tert-OH is 1. The maximum absolute atomic E-state index is 14.4. The molecule has 2 saturated carbocycles. The van der Waals surface area contributed by atoms with Crippen LogP contribution in [-0.4, -0.2) is 40.4 Å². The van der Waals surface area contributed by atoms with Gasteiger partial charge >= 0.3 is 0 Å². The van der Waals surface area contributed by atoms with Gasteiger partial charge in [0.05, 0.1) is 30.3 Å². The molecule has 3 aliphatic rings. The van der Waals surface area contributed by atoms with Gasteiger partial charge in [-0.05, 0) is 75.6 Å². The molecule has 0 amide bonds. The minimum Gasteiger partial charge on any atom is -0.507 e. The molecule has 0 bridgehead atoms. The van der Waals surface area contributed by atoms with Gasteiger partial charge in [-0.3, -0.25) is 4.79 Å². The first-order valence-corrected chi connectivity index (χ1v) is 12.2. The van der Waals surface area contributed by atoms with E-state index < -0.39 is 23.2 Å². The minimum absolute atomic E-state index is 0.120. The van der Waals surface area contributed by atoms with Gasteiger partial charge in [0.25, 0.3) is 0 Å². The molecule has 2 N–H and O–H groups in total. The van der Waals surface area contributed by atoms with Gasteiger partial charge in [0.15, 0.2) is 0 Å². The van der Waals surface area contributed by atoms with Crippen molar-refractivity contribution in [2.45, 2.75) is 91.0 Å². The van der Waals surface area contributed by atoms with Crippen molar-refractivity contribution in [3.8, 4) is 11.5 Å². The molecule has 1 aromatic carbocycles. The molecule has 1 aliphatic heterocycles. The number of aryl methyl sites for hydroxylation is 1. The SMILES string of the molecule is C=C(C)[C@H](Cc1cc(OC)cc(C)c1O)C(=O)[C@H]1[C@]2(C)CCC[C@]2(C)[C@]12CC(O)C(C)(C)O2. The Balaban J connectivity index is 1.74. The molecular weight excluding hydrogens is 416 g/mol. The molecular formula is C28H40O5. The highest BCUT2D eigenvalue weighted by Gasteiger charge is 2.82. The van der Waals surface area contributed by atoms with Gasteiger partial charge in [0.1, 0.15) is 17.3 Å². The van der Waals surface area contributed by atoms with E-state index in [1.54, 1.807) is 13.2 Å². The van der Waals surface area contributed by atoms with Crippen molar-refractivity contribution in [1.29, 1.82) is 0 Å². The second-order valence-electron chi connectivity index (χ2n) is 11.8. The summed E-state index contributed by atoms with van der Waals surface area (Å²) in [6.07, 6.45) is 3.28. The summed E-state index contributed by atoms with van der Waals surface area (Å²) in [6.45, 7) is 16.2. The Labute approximate surface area is 198 Å². The van der Waals surface area contributed by atoms with E-state index in [9.17, 15) is 15.0 Å². The van der Waals surface area contributed by atoms with Crippen LogP contribution in [0.15, 0.2) is 24.3 Å². The smallest absolute Gasteiger partial charge is 0.146 e. The number of rotatable bonds is 6. The van der Waals surface area contributed by atoms with E-state index in [1.807, 2.05) is 33.8 Å². The van der Waals surface area contributed by atoms with Crippen molar-refractivity contribution in [3.63, 3.8) is 0 Å². The Hall–Kier alpha value is -1.85. The van der Waals surface area contributed by atoms with Crippen LogP contribution in [0.3, 0.4) is 0 Å². The van der Waals surface area contributed by atoms with Gasteiger partial charge in [-0.15, -0.1) is 0 Å². The molecule has 6 atom stereocenters. The predicted molar refractivity (Wildman–Crippen MR) is 128 cm³/mol. The van der Waals surface area contributed by atoms with E-state index >= 15 is 0 Å². The van der Waals surface area contributed by atoms with E-state index in [4.69, 9.17) is 9.47 Å². The predicted octanol–water partition coefficient (Wildman–Crippen LogP) is 5.14. The third-order valence-electron chi connectivity index (χ3n) is 9.65. The van der Waals surface area contributed by atoms with Crippen molar-refractivity contribution in [2.75, 3.05) is 7.11 Å². The van der Waals surface area contributed by atoms with Crippen molar-refractivity contribution >= 4 is 5.78 Å². The fourth-order valence-electron chi connectivity index (χ4n) is 7.48. The van der Waals surface area contributed by atoms with Crippen LogP contribution in [0.5, 0.6) is 11.5 Å². The van der Waals surface area contributed by atoms with Gasteiger partial charge in [-0.1, -0.05) is 32.4 Å². The van der Waals surface area contributed by atoms with Crippen LogP contribution in [0.25, 0.3) is 0 Å². The normalized spacial score (nSPS) is 37.5. The molecule has 4 rings (SSSR count). The lowest BCUT2D eigenvalue weighted by Gasteiger charge is -2.70. The molecule has 33 heavy (non-hydrogen) atoms. The van der Waals surface area contributed by atoms with Crippen molar-refractivity contribution < 1.29 is 24.5 Å². The molecule has 1 heterocycles. The van der Waals surface area contributed by atoms with Gasteiger partial charge in [0.2, 0.25) is 0 Å². The highest BCUT2D eigenvalue weighted by molar-refractivity contribution is 5.90. The van der Waals surface area contributed by atoms with Crippen LogP contribution in [0, 0.1) is 29.6 Å². The van der Waals surface area contributed by atoms with Crippen LogP contribution >= 0.6 is 0 Å². The van der Waals surface area contributed by atoms with Crippen molar-refractivity contribution in [2.24, 2.45) is 22.7 Å². The first-order chi connectivity index (χ1) is 15.2. The number of hydrogen-bond donors (Lipinski definition) is 2. The highest BCUT2D eigenvalue weighted by atomic mass is 16.6. The second-order valence-corrected chi connectivity index (χ2v) is 11.8. The summed E-state index contributed by atoms with van der Waals surface area (Å²) >= 11 is 0. The molecule has 3 fully saturated rings. The number of ether oxygens (including phenoxy) is 2. The largest absolute Gasteiger partial charge is 0.507 e. The standard InChI is InChI=1S/C28H40O5/c1-16(2)20(14-18-13-19(32-8)12-17(3)22(18)30)23(31)24-26(6)10-9-11-27(26,7)28(24)15-21(29)25(4,5)33-28/h12-13,20-21,24,29-30H,1,9-11,14-15H2,2-8H3/t20-,21?,24-,26-,27-,28-/m0/s1. The number of phenolic OH excluding ortho intramolecular Hbond substituents is 1. The molecule has 5 nitrogen and oxygen atoms in total. The van der Waals surface area contributed by atoms with E-state index in [1.165, 1.54) is 0 Å². The topological polar surface area (TPSA) is 76.0 Å². The number of fused-ring (bicyclic) bond motifs is 2. The number of ketones is 1. The monoisotopic (exact) mass is 456 g/mol. The number of aliphatic hydroxyl groups is 1. The van der Waals surface area contributed by atoms with Crippen LogP contribution in [0.1, 0.15) is 71.4 Å². The number of benzene rings is 1. The fourth-order valence-corrected chi connectivity index (χ4v) is 7.48. The summed E-state index contributed by atoms with van der Waals surface area (Å²) in [7, 11) is 1.60. The zero-order valence-electron chi connectivity index (χ0n) is 21.2. The number of Topliss-reactive ketones (excluding diaryl/α,β-unsaturated/α-hetero) is 1. The number of methoxy groups -OCH3 is 1. The van der Waals surface area contributed by atoms with Gasteiger partial charge in [-0.2, -0.15) is 0 Å². The first kappa shape index (κ1) is 24.3. The molecule has 0 aromatic heterocycles. The van der Waals surface area contributed by atoms with E-state index in [2.05, 4.69) is 20.4 Å². The van der Waals surface area contributed by atoms with Gasteiger partial charge in [0, 0.05) is 17.8 Å². The molecule has 1 unspecified atom stereocenters. The van der Waals surface area contributed by atoms with E-state index in [0.29, 0.717) is 24.2 Å². The maximum Gasteiger partial charge on any atom is 0.146 e. The van der Waals surface area contributed by atoms with Crippen LogP contribution in [-0.2, 0) is 16.0 Å². The Morgan fingerprint density at radius 2 is 1.94 bits per heavy atom. The number of hydrogen-bond acceptors (Lipinski definition) is 5. The molecule has 1 saturated heterocycles. The van der Waals surface area contributed by atoms with E-state index in [-0.39, 0.29) is 28.3 Å². The summed E-state index contributed by atoms with van der Waals surface area (Å²) < 4.78 is 12.1. The summed E-state index contributed by atoms with van der Waals surface area (Å²) in [4.78, 5) is 14.4. The molecule has 1 aromatic rings. The highest BCUT2D eigenvalue weighted by Crippen LogP contribution is 2.79. The van der Waals surface area contributed by atoms with Gasteiger partial charge < -0.3 is 19.7 Å². The molecule has 5 heteroatoms. The second kappa shape index (κ2) is 7.58. The van der Waals surface area contributed by atoms with E-state index in [0.717, 1.165) is 30.4 Å². The molecule has 1 spiro atoms. The minimum atomic E-state index is -0.688.